The van der Waals surface area contributed by atoms with E-state index in [0.29, 0.717) is 0 Å². The van der Waals surface area contributed by atoms with Crippen LogP contribution in [0.25, 0.3) is 10.9 Å². The SMILES string of the molecule is Cc1cc2cn[nH]c2cc1Br. The molecule has 0 fully saturated rings. The third kappa shape index (κ3) is 1.05. The summed E-state index contributed by atoms with van der Waals surface area (Å²) in [5.41, 5.74) is 2.31. The van der Waals surface area contributed by atoms with Gasteiger partial charge in [0.05, 0.1) is 11.7 Å². The number of nitrogens with zero attached hydrogens (tertiary/aromatic N) is 1. The maximum atomic E-state index is 3.94. The van der Waals surface area contributed by atoms with E-state index in [9.17, 15) is 0 Å². The topological polar surface area (TPSA) is 28.7 Å². The summed E-state index contributed by atoms with van der Waals surface area (Å²) < 4.78 is 1.12. The molecule has 1 aromatic heterocycles. The molecule has 0 aliphatic heterocycles. The molecule has 0 saturated carbocycles. The smallest absolute Gasteiger partial charge is 0.0661 e. The van der Waals surface area contributed by atoms with Crippen molar-refractivity contribution < 1.29 is 0 Å². The Bertz CT molecular complexity index is 356. The van der Waals surface area contributed by atoms with Gasteiger partial charge in [0.1, 0.15) is 0 Å². The van der Waals surface area contributed by atoms with E-state index in [2.05, 4.69) is 39.1 Å². The van der Waals surface area contributed by atoms with Gasteiger partial charge in [-0.05, 0) is 24.6 Å². The van der Waals surface area contributed by atoms with E-state index < -0.39 is 0 Å². The number of H-pyrrole nitrogens is 1. The van der Waals surface area contributed by atoms with E-state index in [4.69, 9.17) is 0 Å². The summed E-state index contributed by atoms with van der Waals surface area (Å²) >= 11 is 3.45. The Balaban J connectivity index is 2.86. The highest BCUT2D eigenvalue weighted by Crippen LogP contribution is 2.21. The van der Waals surface area contributed by atoms with Gasteiger partial charge in [0.15, 0.2) is 0 Å². The Morgan fingerprint density at radius 1 is 1.45 bits per heavy atom. The Kier molecular flexibility index (Phi) is 1.46. The zero-order valence-electron chi connectivity index (χ0n) is 6.06. The number of aromatic amines is 1. The molecule has 0 atom stereocenters. The zero-order chi connectivity index (χ0) is 7.84. The lowest BCUT2D eigenvalue weighted by molar-refractivity contribution is 1.12. The van der Waals surface area contributed by atoms with Crippen LogP contribution < -0.4 is 0 Å². The molecule has 3 heteroatoms. The van der Waals surface area contributed by atoms with E-state index in [0.717, 1.165) is 15.4 Å². The zero-order valence-corrected chi connectivity index (χ0v) is 7.64. The van der Waals surface area contributed by atoms with Crippen LogP contribution in [-0.4, -0.2) is 10.2 Å². The van der Waals surface area contributed by atoms with Gasteiger partial charge in [-0.3, -0.25) is 5.10 Å². The van der Waals surface area contributed by atoms with Crippen molar-refractivity contribution >= 4 is 26.8 Å². The van der Waals surface area contributed by atoms with Gasteiger partial charge < -0.3 is 0 Å². The van der Waals surface area contributed by atoms with Crippen molar-refractivity contribution in [1.29, 1.82) is 0 Å². The summed E-state index contributed by atoms with van der Waals surface area (Å²) in [6.07, 6.45) is 1.83. The molecule has 11 heavy (non-hydrogen) atoms. The van der Waals surface area contributed by atoms with E-state index in [-0.39, 0.29) is 0 Å². The van der Waals surface area contributed by atoms with Crippen LogP contribution in [0.15, 0.2) is 22.8 Å². The van der Waals surface area contributed by atoms with Crippen molar-refractivity contribution in [3.05, 3.63) is 28.4 Å². The summed E-state index contributed by atoms with van der Waals surface area (Å²) in [4.78, 5) is 0. The van der Waals surface area contributed by atoms with Crippen LogP contribution in [0.4, 0.5) is 0 Å². The molecule has 0 amide bonds. The van der Waals surface area contributed by atoms with Crippen molar-refractivity contribution in [3.8, 4) is 0 Å². The van der Waals surface area contributed by atoms with E-state index >= 15 is 0 Å². The van der Waals surface area contributed by atoms with Gasteiger partial charge in [-0.15, -0.1) is 0 Å². The van der Waals surface area contributed by atoms with Crippen molar-refractivity contribution in [1.82, 2.24) is 10.2 Å². The Labute approximate surface area is 72.7 Å². The van der Waals surface area contributed by atoms with Crippen LogP contribution in [0.2, 0.25) is 0 Å². The lowest BCUT2D eigenvalue weighted by Crippen LogP contribution is -1.75. The second kappa shape index (κ2) is 2.34. The second-order valence-corrected chi connectivity index (χ2v) is 3.41. The summed E-state index contributed by atoms with van der Waals surface area (Å²) in [6, 6.07) is 4.14. The molecule has 0 radical (unpaired) electrons. The van der Waals surface area contributed by atoms with E-state index in [1.807, 2.05) is 12.3 Å². The molecule has 2 rings (SSSR count). The molecule has 0 bridgehead atoms. The largest absolute Gasteiger partial charge is 0.278 e. The quantitative estimate of drug-likeness (QED) is 0.712. The number of halogens is 1. The van der Waals surface area contributed by atoms with Gasteiger partial charge >= 0.3 is 0 Å². The lowest BCUT2D eigenvalue weighted by Gasteiger charge is -1.95. The van der Waals surface area contributed by atoms with Crippen LogP contribution in [0.5, 0.6) is 0 Å². The van der Waals surface area contributed by atoms with Gasteiger partial charge in [0.2, 0.25) is 0 Å². The van der Waals surface area contributed by atoms with Crippen LogP contribution in [-0.2, 0) is 0 Å². The van der Waals surface area contributed by atoms with Crippen LogP contribution in [0, 0.1) is 6.92 Å². The molecule has 1 N–H and O–H groups in total. The third-order valence-electron chi connectivity index (χ3n) is 1.72. The molecule has 56 valence electrons. The van der Waals surface area contributed by atoms with Gasteiger partial charge in [-0.2, -0.15) is 5.10 Å². The fraction of sp³-hybridized carbons (Fsp3) is 0.125. The van der Waals surface area contributed by atoms with Crippen molar-refractivity contribution in [3.63, 3.8) is 0 Å². The first-order valence-corrected chi connectivity index (χ1v) is 4.16. The maximum Gasteiger partial charge on any atom is 0.0661 e. The monoisotopic (exact) mass is 210 g/mol. The number of hydrogen-bond acceptors (Lipinski definition) is 1. The summed E-state index contributed by atoms with van der Waals surface area (Å²) in [6.45, 7) is 2.07. The van der Waals surface area contributed by atoms with Crippen LogP contribution in [0.1, 0.15) is 5.56 Å². The molecular weight excluding hydrogens is 204 g/mol. The van der Waals surface area contributed by atoms with Crippen molar-refractivity contribution in [2.24, 2.45) is 0 Å². The minimum Gasteiger partial charge on any atom is -0.278 e. The first-order valence-electron chi connectivity index (χ1n) is 3.36. The number of aromatic nitrogens is 2. The first kappa shape index (κ1) is 6.85. The van der Waals surface area contributed by atoms with Gasteiger partial charge in [0.25, 0.3) is 0 Å². The molecule has 0 saturated heterocycles. The summed E-state index contributed by atoms with van der Waals surface area (Å²) in [5, 5.41) is 8.00. The minimum atomic E-state index is 1.07. The average Bonchev–Trinajstić information content (AvgIpc) is 2.36. The Morgan fingerprint density at radius 2 is 2.27 bits per heavy atom. The van der Waals surface area contributed by atoms with Crippen molar-refractivity contribution in [2.45, 2.75) is 6.92 Å². The molecule has 1 heterocycles. The van der Waals surface area contributed by atoms with Crippen molar-refractivity contribution in [2.75, 3.05) is 0 Å². The molecule has 1 aromatic carbocycles. The van der Waals surface area contributed by atoms with Crippen LogP contribution >= 0.6 is 15.9 Å². The fourth-order valence-corrected chi connectivity index (χ4v) is 1.42. The third-order valence-corrected chi connectivity index (χ3v) is 2.57. The first-order chi connectivity index (χ1) is 5.27. The molecule has 0 aliphatic rings. The highest BCUT2D eigenvalue weighted by Gasteiger charge is 1.98. The number of benzene rings is 1. The lowest BCUT2D eigenvalue weighted by atomic mass is 10.2. The molecule has 0 aliphatic carbocycles. The van der Waals surface area contributed by atoms with Crippen LogP contribution in [0.3, 0.4) is 0 Å². The number of rotatable bonds is 0. The number of nitrogens with one attached hydrogen (secondary N) is 1. The molecule has 2 aromatic rings. The number of fused-ring (bicyclic) bond motifs is 1. The van der Waals surface area contributed by atoms with E-state index in [1.54, 1.807) is 0 Å². The number of aryl methyl sites for hydroxylation is 1. The van der Waals surface area contributed by atoms with Gasteiger partial charge in [0, 0.05) is 9.86 Å². The minimum absolute atomic E-state index is 1.07. The standard InChI is InChI=1S/C8H7BrN2/c1-5-2-6-4-10-11-8(6)3-7(5)9/h2-4H,1H3,(H,10,11). The van der Waals surface area contributed by atoms with E-state index in [1.165, 1.54) is 5.56 Å². The number of hydrogen-bond donors (Lipinski definition) is 1. The average molecular weight is 211 g/mol. The molecule has 0 unspecified atom stereocenters. The normalized spacial score (nSPS) is 10.7. The summed E-state index contributed by atoms with van der Waals surface area (Å²) in [7, 11) is 0. The molecule has 0 spiro atoms. The Hall–Kier alpha value is -0.830. The van der Waals surface area contributed by atoms with Gasteiger partial charge in [-0.1, -0.05) is 15.9 Å². The fourth-order valence-electron chi connectivity index (χ4n) is 1.08. The molecular formula is C8H7BrN2. The van der Waals surface area contributed by atoms with Gasteiger partial charge in [-0.25, -0.2) is 0 Å². The predicted molar refractivity (Wildman–Crippen MR) is 48.5 cm³/mol. The molecule has 2 nitrogen and oxygen atoms in total. The second-order valence-electron chi connectivity index (χ2n) is 2.56. The maximum absolute atomic E-state index is 3.94. The predicted octanol–water partition coefficient (Wildman–Crippen LogP) is 2.63. The summed E-state index contributed by atoms with van der Waals surface area (Å²) in [5.74, 6) is 0. The highest BCUT2D eigenvalue weighted by atomic mass is 79.9. The Morgan fingerprint density at radius 3 is 3.09 bits per heavy atom. The highest BCUT2D eigenvalue weighted by molar-refractivity contribution is 9.10.